The fourth-order valence-corrected chi connectivity index (χ4v) is 6.34. The van der Waals surface area contributed by atoms with Gasteiger partial charge in [-0.05, 0) is 40.3 Å². The first kappa shape index (κ1) is 26.9. The van der Waals surface area contributed by atoms with Gasteiger partial charge < -0.3 is 0 Å². The van der Waals surface area contributed by atoms with Gasteiger partial charge in [-0.15, -0.1) is 5.10 Å². The van der Waals surface area contributed by atoms with Gasteiger partial charge in [0.05, 0.1) is 16.9 Å². The minimum Gasteiger partial charge on any atom is -0.254 e. The molecule has 0 aliphatic carbocycles. The minimum absolute atomic E-state index is 0.682. The van der Waals surface area contributed by atoms with Gasteiger partial charge in [0, 0.05) is 45.4 Å². The molecule has 5 heteroatoms. The summed E-state index contributed by atoms with van der Waals surface area (Å²) in [7, 11) is 0. The quantitative estimate of drug-likeness (QED) is 0.184. The molecule has 47 heavy (non-hydrogen) atoms. The van der Waals surface area contributed by atoms with Gasteiger partial charge in [-0.3, -0.25) is 4.98 Å². The van der Waals surface area contributed by atoms with E-state index in [0.29, 0.717) is 5.82 Å². The van der Waals surface area contributed by atoms with Crippen molar-refractivity contribution in [3.63, 3.8) is 0 Å². The van der Waals surface area contributed by atoms with Crippen molar-refractivity contribution in [3.05, 3.63) is 164 Å². The van der Waals surface area contributed by atoms with Crippen LogP contribution in [0.4, 0.5) is 0 Å². The van der Waals surface area contributed by atoms with E-state index in [1.54, 1.807) is 0 Å². The average Bonchev–Trinajstić information content (AvgIpc) is 3.59. The van der Waals surface area contributed by atoms with Crippen LogP contribution in [0.25, 0.3) is 83.5 Å². The van der Waals surface area contributed by atoms with E-state index in [-0.39, 0.29) is 0 Å². The molecule has 9 rings (SSSR count). The Bertz CT molecular complexity index is 2540. The van der Waals surface area contributed by atoms with Crippen LogP contribution >= 0.6 is 0 Å². The molecule has 0 aliphatic heterocycles. The van der Waals surface area contributed by atoms with Crippen LogP contribution < -0.4 is 0 Å². The summed E-state index contributed by atoms with van der Waals surface area (Å²) in [6.07, 6.45) is 3.99. The van der Waals surface area contributed by atoms with Crippen LogP contribution in [0.5, 0.6) is 0 Å². The van der Waals surface area contributed by atoms with Crippen LogP contribution in [0.1, 0.15) is 0 Å². The van der Waals surface area contributed by atoms with Crippen LogP contribution in [0, 0.1) is 0 Å². The van der Waals surface area contributed by atoms with Gasteiger partial charge in [-0.2, -0.15) is 0 Å². The number of aromatic nitrogens is 5. The zero-order valence-corrected chi connectivity index (χ0v) is 25.3. The molecule has 4 heterocycles. The van der Waals surface area contributed by atoms with Crippen LogP contribution in [0.15, 0.2) is 164 Å². The van der Waals surface area contributed by atoms with E-state index in [0.717, 1.165) is 72.3 Å². The number of hydrogen-bond donors (Lipinski definition) is 0. The number of hydrogen-bond acceptors (Lipinski definition) is 4. The second-order valence-corrected chi connectivity index (χ2v) is 11.6. The SMILES string of the molecule is c1ccc(-c2cc(-c3ccccc3)c3nc(-c4ccc(-c5ccc(-c6nc7ccccc7c7ccccc67)nc5)cc4)nn3c2)cc1. The predicted octanol–water partition coefficient (Wildman–Crippen LogP) is 10.2. The smallest absolute Gasteiger partial charge is 0.182 e. The Morgan fingerprint density at radius 3 is 1.81 bits per heavy atom. The van der Waals surface area contributed by atoms with Crippen molar-refractivity contribution in [1.29, 1.82) is 0 Å². The van der Waals surface area contributed by atoms with E-state index in [9.17, 15) is 0 Å². The van der Waals surface area contributed by atoms with Gasteiger partial charge in [0.15, 0.2) is 11.5 Å². The highest BCUT2D eigenvalue weighted by Gasteiger charge is 2.15. The summed E-state index contributed by atoms with van der Waals surface area (Å²) >= 11 is 0. The summed E-state index contributed by atoms with van der Waals surface area (Å²) in [5, 5.41) is 8.37. The number of nitrogens with zero attached hydrogens (tertiary/aromatic N) is 5. The molecule has 5 nitrogen and oxygen atoms in total. The fourth-order valence-electron chi connectivity index (χ4n) is 6.34. The molecule has 0 radical (unpaired) electrons. The van der Waals surface area contributed by atoms with Gasteiger partial charge in [0.25, 0.3) is 0 Å². The summed E-state index contributed by atoms with van der Waals surface area (Å²) in [5.41, 5.74) is 11.0. The first-order valence-corrected chi connectivity index (χ1v) is 15.6. The lowest BCUT2D eigenvalue weighted by Gasteiger charge is -2.10. The molecule has 0 N–H and O–H groups in total. The number of rotatable bonds is 5. The van der Waals surface area contributed by atoms with Crippen molar-refractivity contribution in [2.75, 3.05) is 0 Å². The number of pyridine rings is 3. The first-order chi connectivity index (χ1) is 23.3. The van der Waals surface area contributed by atoms with Crippen molar-refractivity contribution in [3.8, 4) is 56.2 Å². The minimum atomic E-state index is 0.682. The van der Waals surface area contributed by atoms with Gasteiger partial charge in [0.2, 0.25) is 0 Å². The molecule has 0 saturated carbocycles. The van der Waals surface area contributed by atoms with E-state index >= 15 is 0 Å². The largest absolute Gasteiger partial charge is 0.254 e. The second kappa shape index (κ2) is 11.2. The Hall–Kier alpha value is -6.46. The van der Waals surface area contributed by atoms with Crippen LogP contribution in [-0.4, -0.2) is 24.6 Å². The predicted molar refractivity (Wildman–Crippen MR) is 191 cm³/mol. The Balaban J connectivity index is 1.06. The topological polar surface area (TPSA) is 56.0 Å². The van der Waals surface area contributed by atoms with Crippen molar-refractivity contribution in [1.82, 2.24) is 24.6 Å². The molecule has 9 aromatic rings. The van der Waals surface area contributed by atoms with E-state index < -0.39 is 0 Å². The molecule has 5 aromatic carbocycles. The molecule has 0 bridgehead atoms. The molecule has 0 amide bonds. The highest BCUT2D eigenvalue weighted by molar-refractivity contribution is 6.10. The first-order valence-electron chi connectivity index (χ1n) is 15.6. The lowest BCUT2D eigenvalue weighted by molar-refractivity contribution is 0.968. The van der Waals surface area contributed by atoms with E-state index in [4.69, 9.17) is 20.1 Å². The van der Waals surface area contributed by atoms with Crippen molar-refractivity contribution in [2.45, 2.75) is 0 Å². The van der Waals surface area contributed by atoms with Crippen LogP contribution in [0.3, 0.4) is 0 Å². The van der Waals surface area contributed by atoms with E-state index in [1.807, 2.05) is 28.9 Å². The highest BCUT2D eigenvalue weighted by atomic mass is 15.3. The molecular formula is C42H27N5. The highest BCUT2D eigenvalue weighted by Crippen LogP contribution is 2.34. The summed E-state index contributed by atoms with van der Waals surface area (Å²) in [6, 6.07) is 52.2. The summed E-state index contributed by atoms with van der Waals surface area (Å²) in [6.45, 7) is 0. The Morgan fingerprint density at radius 2 is 1.06 bits per heavy atom. The third-order valence-corrected chi connectivity index (χ3v) is 8.72. The summed E-state index contributed by atoms with van der Waals surface area (Å²) < 4.78 is 1.90. The molecule has 0 saturated heterocycles. The van der Waals surface area contributed by atoms with E-state index in [2.05, 4.69) is 140 Å². The zero-order chi connectivity index (χ0) is 31.2. The zero-order valence-electron chi connectivity index (χ0n) is 25.3. The van der Waals surface area contributed by atoms with Crippen molar-refractivity contribution >= 4 is 27.3 Å². The lowest BCUT2D eigenvalue weighted by Crippen LogP contribution is -1.93. The normalized spacial score (nSPS) is 11.4. The van der Waals surface area contributed by atoms with Crippen LogP contribution in [0.2, 0.25) is 0 Å². The van der Waals surface area contributed by atoms with Gasteiger partial charge in [-0.25, -0.2) is 14.5 Å². The molecule has 0 atom stereocenters. The lowest BCUT2D eigenvalue weighted by atomic mass is 10.0. The number of benzene rings is 5. The molecular weight excluding hydrogens is 574 g/mol. The van der Waals surface area contributed by atoms with Crippen molar-refractivity contribution < 1.29 is 0 Å². The molecule has 0 unspecified atom stereocenters. The number of fused-ring (bicyclic) bond motifs is 4. The molecule has 0 fully saturated rings. The Morgan fingerprint density at radius 1 is 0.447 bits per heavy atom. The maximum absolute atomic E-state index is 5.02. The van der Waals surface area contributed by atoms with Crippen LogP contribution in [-0.2, 0) is 0 Å². The van der Waals surface area contributed by atoms with Gasteiger partial charge >= 0.3 is 0 Å². The third-order valence-electron chi connectivity index (χ3n) is 8.72. The Kier molecular flexibility index (Phi) is 6.39. The standard InChI is InChI=1S/C42H27N5/c1-3-11-28(12-4-1)33-25-37(30-13-5-2-6-14-30)42-45-41(46-47(42)27-33)31-21-19-29(20-22-31)32-23-24-39(43-26-32)40-36-17-8-7-15-34(36)35-16-9-10-18-38(35)44-40/h1-27H. The fraction of sp³-hybridized carbons (Fsp3) is 0. The van der Waals surface area contributed by atoms with Gasteiger partial charge in [-0.1, -0.05) is 133 Å². The average molecular weight is 602 g/mol. The molecule has 0 aliphatic rings. The Labute approximate surface area is 271 Å². The van der Waals surface area contributed by atoms with E-state index in [1.165, 1.54) is 5.39 Å². The number of para-hydroxylation sites is 1. The molecule has 4 aromatic heterocycles. The molecule has 0 spiro atoms. The summed E-state index contributed by atoms with van der Waals surface area (Å²) in [4.78, 5) is 14.9. The summed E-state index contributed by atoms with van der Waals surface area (Å²) in [5.74, 6) is 0.682. The monoisotopic (exact) mass is 601 g/mol. The molecule has 220 valence electrons. The van der Waals surface area contributed by atoms with Crippen molar-refractivity contribution in [2.24, 2.45) is 0 Å². The maximum atomic E-state index is 5.02. The second-order valence-electron chi connectivity index (χ2n) is 11.6. The van der Waals surface area contributed by atoms with Gasteiger partial charge in [0.1, 0.15) is 0 Å². The third kappa shape index (κ3) is 4.82. The maximum Gasteiger partial charge on any atom is 0.182 e.